The van der Waals surface area contributed by atoms with Gasteiger partial charge in [0.2, 0.25) is 0 Å². The minimum Gasteiger partial charge on any atom is -0.508 e. The van der Waals surface area contributed by atoms with Crippen LogP contribution in [0, 0.1) is 5.92 Å². The zero-order valence-corrected chi connectivity index (χ0v) is 9.31. The molecule has 1 heterocycles. The highest BCUT2D eigenvalue weighted by atomic mass is 35.5. The Balaban J connectivity index is 1.96. The van der Waals surface area contributed by atoms with Gasteiger partial charge in [0.05, 0.1) is 5.92 Å². The van der Waals surface area contributed by atoms with Crippen molar-refractivity contribution in [2.45, 2.75) is 6.54 Å². The second-order valence-electron chi connectivity index (χ2n) is 4.00. The predicted molar refractivity (Wildman–Crippen MR) is 59.5 cm³/mol. The fourth-order valence-corrected chi connectivity index (χ4v) is 1.97. The fraction of sp³-hybridized carbons (Fsp3) is 0.364. The Kier molecular flexibility index (Phi) is 3.03. The molecule has 0 bridgehead atoms. The lowest BCUT2D eigenvalue weighted by atomic mass is 9.99. The van der Waals surface area contributed by atoms with E-state index in [4.69, 9.17) is 16.7 Å². The van der Waals surface area contributed by atoms with E-state index in [1.165, 1.54) is 0 Å². The third-order valence-corrected chi connectivity index (χ3v) is 2.98. The standard InChI is InChI=1S/C11H12ClNO3/c12-9-1-2-10(14)7(3-9)4-13-5-8(6-13)11(15)16/h1-3,8,14H,4-6H2,(H,15,16). The maximum atomic E-state index is 10.6. The number of nitrogens with zero attached hydrogens (tertiary/aromatic N) is 1. The molecule has 2 N–H and O–H groups in total. The molecule has 0 amide bonds. The summed E-state index contributed by atoms with van der Waals surface area (Å²) in [6, 6.07) is 4.87. The second-order valence-corrected chi connectivity index (χ2v) is 4.44. The number of carboxylic acid groups (broad SMARTS) is 1. The Morgan fingerprint density at radius 2 is 2.19 bits per heavy atom. The van der Waals surface area contributed by atoms with Crippen molar-refractivity contribution < 1.29 is 15.0 Å². The first-order valence-electron chi connectivity index (χ1n) is 4.99. The van der Waals surface area contributed by atoms with Crippen molar-refractivity contribution in [3.05, 3.63) is 28.8 Å². The van der Waals surface area contributed by atoms with Gasteiger partial charge in [0.15, 0.2) is 0 Å². The summed E-state index contributed by atoms with van der Waals surface area (Å²) in [6.07, 6.45) is 0. The van der Waals surface area contributed by atoms with Crippen molar-refractivity contribution in [3.63, 3.8) is 0 Å². The van der Waals surface area contributed by atoms with Crippen LogP contribution in [0.3, 0.4) is 0 Å². The third kappa shape index (κ3) is 2.28. The zero-order chi connectivity index (χ0) is 11.7. The van der Waals surface area contributed by atoms with E-state index in [9.17, 15) is 9.90 Å². The minimum atomic E-state index is -0.758. The molecule has 0 atom stereocenters. The average molecular weight is 242 g/mol. The van der Waals surface area contributed by atoms with Gasteiger partial charge in [0.1, 0.15) is 5.75 Å². The Morgan fingerprint density at radius 1 is 1.50 bits per heavy atom. The normalized spacial score (nSPS) is 17.1. The number of phenolic OH excluding ortho intramolecular Hbond substituents is 1. The molecule has 5 heteroatoms. The van der Waals surface area contributed by atoms with Crippen LogP contribution >= 0.6 is 11.6 Å². The number of hydrogen-bond donors (Lipinski definition) is 2. The molecule has 1 fully saturated rings. The lowest BCUT2D eigenvalue weighted by molar-refractivity contribution is -0.147. The summed E-state index contributed by atoms with van der Waals surface area (Å²) in [5.41, 5.74) is 0.733. The Morgan fingerprint density at radius 3 is 2.81 bits per heavy atom. The molecule has 0 aliphatic carbocycles. The van der Waals surface area contributed by atoms with Crippen LogP contribution in [-0.2, 0) is 11.3 Å². The van der Waals surface area contributed by atoms with Crippen molar-refractivity contribution in [3.8, 4) is 5.75 Å². The molecule has 4 nitrogen and oxygen atoms in total. The van der Waals surface area contributed by atoms with Crippen molar-refractivity contribution >= 4 is 17.6 Å². The molecule has 86 valence electrons. The highest BCUT2D eigenvalue weighted by molar-refractivity contribution is 6.30. The van der Waals surface area contributed by atoms with Crippen LogP contribution in [0.2, 0.25) is 5.02 Å². The average Bonchev–Trinajstić information content (AvgIpc) is 2.15. The number of rotatable bonds is 3. The van der Waals surface area contributed by atoms with E-state index in [0.717, 1.165) is 5.56 Å². The monoisotopic (exact) mass is 241 g/mol. The van der Waals surface area contributed by atoms with Crippen LogP contribution in [-0.4, -0.2) is 34.2 Å². The van der Waals surface area contributed by atoms with Gasteiger partial charge in [-0.2, -0.15) is 0 Å². The first kappa shape index (κ1) is 11.2. The quantitative estimate of drug-likeness (QED) is 0.843. The first-order chi connectivity index (χ1) is 7.56. The molecule has 1 aliphatic heterocycles. The number of aromatic hydroxyl groups is 1. The van der Waals surface area contributed by atoms with Crippen molar-refractivity contribution in [2.24, 2.45) is 5.92 Å². The van der Waals surface area contributed by atoms with Gasteiger partial charge in [-0.3, -0.25) is 9.69 Å². The molecule has 2 rings (SSSR count). The number of carbonyl (C=O) groups is 1. The minimum absolute atomic E-state index is 0.197. The molecule has 0 radical (unpaired) electrons. The lowest BCUT2D eigenvalue weighted by Crippen LogP contribution is -2.49. The number of phenols is 1. The summed E-state index contributed by atoms with van der Waals surface area (Å²) >= 11 is 5.82. The van der Waals surface area contributed by atoms with E-state index in [0.29, 0.717) is 24.7 Å². The largest absolute Gasteiger partial charge is 0.508 e. The summed E-state index contributed by atoms with van der Waals surface area (Å²) in [7, 11) is 0. The van der Waals surface area contributed by atoms with Crippen LogP contribution in [0.15, 0.2) is 18.2 Å². The van der Waals surface area contributed by atoms with Gasteiger partial charge < -0.3 is 10.2 Å². The lowest BCUT2D eigenvalue weighted by Gasteiger charge is -2.36. The maximum Gasteiger partial charge on any atom is 0.309 e. The van der Waals surface area contributed by atoms with Crippen LogP contribution in [0.25, 0.3) is 0 Å². The van der Waals surface area contributed by atoms with Gasteiger partial charge in [-0.15, -0.1) is 0 Å². The zero-order valence-electron chi connectivity index (χ0n) is 8.56. The summed E-state index contributed by atoms with van der Waals surface area (Å²) in [5, 5.41) is 18.9. The second kappa shape index (κ2) is 4.31. The maximum absolute atomic E-state index is 10.6. The highest BCUT2D eigenvalue weighted by Crippen LogP contribution is 2.26. The molecule has 1 saturated heterocycles. The molecular formula is C11H12ClNO3. The van der Waals surface area contributed by atoms with Gasteiger partial charge in [0.25, 0.3) is 0 Å². The number of halogens is 1. The van der Waals surface area contributed by atoms with Crippen molar-refractivity contribution in [2.75, 3.05) is 13.1 Å². The number of likely N-dealkylation sites (tertiary alicyclic amines) is 1. The van der Waals surface area contributed by atoms with E-state index in [2.05, 4.69) is 0 Å². The summed E-state index contributed by atoms with van der Waals surface area (Å²) < 4.78 is 0. The molecule has 0 saturated carbocycles. The highest BCUT2D eigenvalue weighted by Gasteiger charge is 2.32. The number of hydrogen-bond acceptors (Lipinski definition) is 3. The molecule has 0 spiro atoms. The van der Waals surface area contributed by atoms with Crippen LogP contribution < -0.4 is 0 Å². The van der Waals surface area contributed by atoms with E-state index in [1.807, 2.05) is 4.90 Å². The van der Waals surface area contributed by atoms with E-state index >= 15 is 0 Å². The smallest absolute Gasteiger partial charge is 0.309 e. The SMILES string of the molecule is O=C(O)C1CN(Cc2cc(Cl)ccc2O)C1. The van der Waals surface area contributed by atoms with Gasteiger partial charge in [-0.25, -0.2) is 0 Å². The fourth-order valence-electron chi connectivity index (χ4n) is 1.78. The van der Waals surface area contributed by atoms with Crippen LogP contribution in [0.1, 0.15) is 5.56 Å². The number of benzene rings is 1. The van der Waals surface area contributed by atoms with Gasteiger partial charge in [0, 0.05) is 30.2 Å². The van der Waals surface area contributed by atoms with Crippen LogP contribution in [0.4, 0.5) is 0 Å². The number of aliphatic carboxylic acids is 1. The summed E-state index contributed by atoms with van der Waals surface area (Å²) in [5.74, 6) is -0.837. The first-order valence-corrected chi connectivity index (χ1v) is 5.36. The van der Waals surface area contributed by atoms with E-state index < -0.39 is 5.97 Å². The molecular weight excluding hydrogens is 230 g/mol. The van der Waals surface area contributed by atoms with Crippen LogP contribution in [0.5, 0.6) is 5.75 Å². The molecule has 0 aromatic heterocycles. The molecule has 1 aliphatic rings. The Labute approximate surface area is 98.1 Å². The molecule has 1 aromatic rings. The third-order valence-electron chi connectivity index (χ3n) is 2.74. The van der Waals surface area contributed by atoms with Gasteiger partial charge in [-0.1, -0.05) is 11.6 Å². The van der Waals surface area contributed by atoms with E-state index in [-0.39, 0.29) is 11.7 Å². The van der Waals surface area contributed by atoms with E-state index in [1.54, 1.807) is 18.2 Å². The van der Waals surface area contributed by atoms with Gasteiger partial charge >= 0.3 is 5.97 Å². The molecule has 16 heavy (non-hydrogen) atoms. The van der Waals surface area contributed by atoms with Crippen molar-refractivity contribution in [1.29, 1.82) is 0 Å². The topological polar surface area (TPSA) is 60.8 Å². The predicted octanol–water partition coefficient (Wildman–Crippen LogP) is 1.56. The van der Waals surface area contributed by atoms with Crippen molar-refractivity contribution in [1.82, 2.24) is 4.90 Å². The molecule has 1 aromatic carbocycles. The summed E-state index contributed by atoms with van der Waals surface area (Å²) in [6.45, 7) is 1.60. The van der Waals surface area contributed by atoms with Gasteiger partial charge in [-0.05, 0) is 18.2 Å². The Bertz CT molecular complexity index is 416. The Hall–Kier alpha value is -1.26. The molecule has 0 unspecified atom stereocenters. The summed E-state index contributed by atoms with van der Waals surface area (Å²) in [4.78, 5) is 12.6. The number of carboxylic acids is 1.